The molecular weight excluding hydrogens is 663 g/mol. The fourth-order valence-electron chi connectivity index (χ4n) is 4.95. The van der Waals surface area contributed by atoms with Gasteiger partial charge in [-0.2, -0.15) is 0 Å². The fraction of sp³-hybridized carbons (Fsp3) is 0.686. The number of aliphatic hydroxyl groups excluding tert-OH is 1. The van der Waals surface area contributed by atoms with Gasteiger partial charge in [0.25, 0.3) is 5.56 Å². The minimum absolute atomic E-state index is 0.00243. The molecule has 2 aromatic rings. The zero-order valence-corrected chi connectivity index (χ0v) is 33.8. The van der Waals surface area contributed by atoms with Gasteiger partial charge in [-0.3, -0.25) is 18.7 Å². The van der Waals surface area contributed by atoms with Gasteiger partial charge < -0.3 is 33.9 Å². The van der Waals surface area contributed by atoms with E-state index in [1.807, 2.05) is 0 Å². The summed E-state index contributed by atoms with van der Waals surface area (Å²) in [7, 11) is -3.66. The van der Waals surface area contributed by atoms with Crippen LogP contribution in [-0.2, 0) is 29.7 Å². The van der Waals surface area contributed by atoms with Crippen molar-refractivity contribution in [2.24, 2.45) is 5.73 Å². The van der Waals surface area contributed by atoms with Crippen molar-refractivity contribution in [2.75, 3.05) is 7.11 Å². The number of rotatable bonds is 11. The Morgan fingerprint density at radius 1 is 0.898 bits per heavy atom. The van der Waals surface area contributed by atoms with Crippen LogP contribution in [-0.4, -0.2) is 80.0 Å². The zero-order chi connectivity index (χ0) is 37.5. The largest absolute Gasteiger partial charge is 0.497 e. The number of hydrogen-bond acceptors (Lipinski definition) is 10. The van der Waals surface area contributed by atoms with E-state index in [2.05, 4.69) is 67.7 Å². The Kier molecular flexibility index (Phi) is 12.1. The number of ether oxygens (including phenoxy) is 3. The van der Waals surface area contributed by atoms with E-state index < -0.39 is 76.1 Å². The van der Waals surface area contributed by atoms with Crippen molar-refractivity contribution < 1.29 is 33.0 Å². The summed E-state index contributed by atoms with van der Waals surface area (Å²) in [5, 5.41) is 11.3. The Balaban J connectivity index is 2.23. The van der Waals surface area contributed by atoms with Crippen LogP contribution in [0.3, 0.4) is 0 Å². The average molecular weight is 722 g/mol. The summed E-state index contributed by atoms with van der Waals surface area (Å²) in [4.78, 5) is 40.5. The van der Waals surface area contributed by atoms with Crippen LogP contribution in [0.4, 0.5) is 0 Å². The van der Waals surface area contributed by atoms with Crippen molar-refractivity contribution in [2.45, 2.75) is 147 Å². The number of hydrogen-bond donors (Lipinski definition) is 2. The maximum atomic E-state index is 14.2. The minimum Gasteiger partial charge on any atom is -0.497 e. The molecule has 1 aliphatic rings. The molecular formula is C35H59N3O9Si2. The molecule has 3 rings (SSSR count). The first-order chi connectivity index (χ1) is 22.2. The van der Waals surface area contributed by atoms with E-state index in [9.17, 15) is 19.5 Å². The van der Waals surface area contributed by atoms with Gasteiger partial charge in [0.15, 0.2) is 22.9 Å². The maximum Gasteiger partial charge on any atom is 0.333 e. The van der Waals surface area contributed by atoms with E-state index in [0.717, 1.165) is 10.1 Å². The number of aromatic nitrogens is 2. The second-order valence-electron chi connectivity index (χ2n) is 17.0. The van der Waals surface area contributed by atoms with Gasteiger partial charge in [0.05, 0.1) is 13.7 Å². The molecule has 2 heterocycles. The van der Waals surface area contributed by atoms with Gasteiger partial charge in [-0.05, 0) is 74.7 Å². The normalized spacial score (nSPS) is 22.1. The third-order valence-electron chi connectivity index (χ3n) is 9.95. The highest BCUT2D eigenvalue weighted by Crippen LogP contribution is 2.46. The second kappa shape index (κ2) is 14.6. The minimum atomic E-state index is -2.61. The van der Waals surface area contributed by atoms with Crippen LogP contribution in [0.1, 0.15) is 74.1 Å². The van der Waals surface area contributed by atoms with Crippen molar-refractivity contribution in [1.82, 2.24) is 9.13 Å². The van der Waals surface area contributed by atoms with E-state index in [-0.39, 0.29) is 16.6 Å². The number of methoxy groups -OCH3 is 1. The SMILES string of the molecule is COc1ccc(Cn2c(=O)ccn([C@@H]3O[C@H]([C@@H](O)[C@H](N)C(=O)OC(C)(C)C)[C@@H](O[Si](C)(C)C(C)(C)C)[C@H]3O[Si](C)(C)C(C)(C)C)c2=O)cc1. The summed E-state index contributed by atoms with van der Waals surface area (Å²) in [5.74, 6) is -0.154. The van der Waals surface area contributed by atoms with Gasteiger partial charge in [0.1, 0.15) is 41.8 Å². The molecule has 0 radical (unpaired) electrons. The first-order valence-electron chi connectivity index (χ1n) is 16.8. The van der Waals surface area contributed by atoms with Crippen LogP contribution in [0.5, 0.6) is 5.75 Å². The summed E-state index contributed by atoms with van der Waals surface area (Å²) < 4.78 is 33.9. The molecule has 14 heteroatoms. The molecule has 1 aromatic heterocycles. The molecule has 0 spiro atoms. The van der Waals surface area contributed by atoms with Crippen molar-refractivity contribution in [3.05, 3.63) is 62.9 Å². The molecule has 0 aliphatic carbocycles. The van der Waals surface area contributed by atoms with Crippen LogP contribution in [0.2, 0.25) is 36.3 Å². The highest BCUT2D eigenvalue weighted by Gasteiger charge is 2.57. The lowest BCUT2D eigenvalue weighted by molar-refractivity contribution is -0.164. The van der Waals surface area contributed by atoms with Crippen LogP contribution in [0, 0.1) is 0 Å². The Bertz CT molecular complexity index is 1570. The first-order valence-corrected chi connectivity index (χ1v) is 22.6. The molecule has 12 nitrogen and oxygen atoms in total. The Morgan fingerprint density at radius 3 is 1.88 bits per heavy atom. The van der Waals surface area contributed by atoms with Crippen LogP contribution < -0.4 is 21.7 Å². The van der Waals surface area contributed by atoms with Gasteiger partial charge in [0.2, 0.25) is 0 Å². The number of nitrogens with two attached hydrogens (primary N) is 1. The molecule has 1 aromatic carbocycles. The number of aliphatic hydroxyl groups is 1. The number of nitrogens with zero attached hydrogens (tertiary/aromatic N) is 2. The lowest BCUT2D eigenvalue weighted by atomic mass is 10.00. The van der Waals surface area contributed by atoms with Crippen LogP contribution >= 0.6 is 0 Å². The predicted molar refractivity (Wildman–Crippen MR) is 195 cm³/mol. The molecule has 3 N–H and O–H groups in total. The van der Waals surface area contributed by atoms with E-state index in [1.54, 1.807) is 52.1 Å². The number of carbonyl (C=O) groups excluding carboxylic acids is 1. The van der Waals surface area contributed by atoms with Crippen LogP contribution in [0.25, 0.3) is 0 Å². The smallest absolute Gasteiger partial charge is 0.333 e. The van der Waals surface area contributed by atoms with E-state index >= 15 is 0 Å². The quantitative estimate of drug-likeness (QED) is 0.245. The van der Waals surface area contributed by atoms with Gasteiger partial charge in [-0.15, -0.1) is 0 Å². The summed E-state index contributed by atoms with van der Waals surface area (Å²) >= 11 is 0. The monoisotopic (exact) mass is 721 g/mol. The summed E-state index contributed by atoms with van der Waals surface area (Å²) in [6.07, 6.45) is -4.37. The number of esters is 1. The van der Waals surface area contributed by atoms with Gasteiger partial charge in [-0.1, -0.05) is 53.7 Å². The third kappa shape index (κ3) is 9.40. The highest BCUT2D eigenvalue weighted by atomic mass is 28.4. The predicted octanol–water partition coefficient (Wildman–Crippen LogP) is 4.78. The molecule has 1 fully saturated rings. The van der Waals surface area contributed by atoms with Crippen LogP contribution in [0.15, 0.2) is 46.1 Å². The van der Waals surface area contributed by atoms with Crippen molar-refractivity contribution >= 4 is 22.6 Å². The molecule has 1 aliphatic heterocycles. The topological polar surface area (TPSA) is 153 Å². The molecule has 6 atom stereocenters. The lowest BCUT2D eigenvalue weighted by Crippen LogP contribution is -2.58. The molecule has 0 saturated carbocycles. The van der Waals surface area contributed by atoms with Crippen molar-refractivity contribution in [1.29, 1.82) is 0 Å². The summed E-state index contributed by atoms with van der Waals surface area (Å²) in [6, 6.07) is 6.90. The Labute approximate surface area is 293 Å². The van der Waals surface area contributed by atoms with Crippen molar-refractivity contribution in [3.63, 3.8) is 0 Å². The molecule has 1 saturated heterocycles. The van der Waals surface area contributed by atoms with E-state index in [1.165, 1.54) is 16.8 Å². The summed E-state index contributed by atoms with van der Waals surface area (Å²) in [5.41, 5.74) is 5.11. The van der Waals surface area contributed by atoms with Crippen molar-refractivity contribution in [3.8, 4) is 5.75 Å². The molecule has 276 valence electrons. The second-order valence-corrected chi connectivity index (χ2v) is 26.5. The van der Waals surface area contributed by atoms with Gasteiger partial charge >= 0.3 is 11.7 Å². The van der Waals surface area contributed by atoms with E-state index in [0.29, 0.717) is 5.75 Å². The molecule has 49 heavy (non-hydrogen) atoms. The zero-order valence-electron chi connectivity index (χ0n) is 31.8. The first kappa shape index (κ1) is 40.8. The molecule has 0 bridgehead atoms. The van der Waals surface area contributed by atoms with Gasteiger partial charge in [0, 0.05) is 12.3 Å². The fourth-order valence-corrected chi connectivity index (χ4v) is 7.54. The Hall–Kier alpha value is -2.60. The summed E-state index contributed by atoms with van der Waals surface area (Å²) in [6.45, 7) is 26.0. The maximum absolute atomic E-state index is 14.2. The Morgan fingerprint density at radius 2 is 1.41 bits per heavy atom. The van der Waals surface area contributed by atoms with E-state index in [4.69, 9.17) is 28.8 Å². The highest BCUT2D eigenvalue weighted by molar-refractivity contribution is 6.74. The third-order valence-corrected chi connectivity index (χ3v) is 18.9. The number of benzene rings is 1. The molecule has 0 unspecified atom stereocenters. The average Bonchev–Trinajstić information content (AvgIpc) is 3.28. The standard InChI is InChI=1S/C35H59N3O9Si2/c1-33(2,3)45-31(41)25(36)26(40)27-28(46-48(11,12)34(4,5)6)29(47-49(13,14)35(7,8)9)30(44-27)37-20-19-24(39)38(32(37)42)21-22-15-17-23(43-10)18-16-22/h15-20,25-30,40H,21,36H2,1-14H3/t25-,26-,27+,28+,29+,30+/m0/s1. The lowest BCUT2D eigenvalue weighted by Gasteiger charge is -2.44. The molecule has 0 amide bonds. The van der Waals surface area contributed by atoms with Gasteiger partial charge in [-0.25, -0.2) is 4.79 Å². The number of carbonyl (C=O) groups is 1.